The van der Waals surface area contributed by atoms with Gasteiger partial charge in [0, 0.05) is 11.8 Å². The molecule has 1 heterocycles. The molecular weight excluding hydrogens is 262 g/mol. The summed E-state index contributed by atoms with van der Waals surface area (Å²) >= 11 is 0. The lowest BCUT2D eigenvalue weighted by Crippen LogP contribution is -2.10. The van der Waals surface area contributed by atoms with Gasteiger partial charge in [-0.2, -0.15) is 5.10 Å². The third-order valence-electron chi connectivity index (χ3n) is 3.46. The van der Waals surface area contributed by atoms with E-state index in [9.17, 15) is 0 Å². The summed E-state index contributed by atoms with van der Waals surface area (Å²) in [4.78, 5) is 0. The molecule has 0 aliphatic heterocycles. The fraction of sp³-hybridized carbons (Fsp3) is 0.118. The maximum absolute atomic E-state index is 6.31. The summed E-state index contributed by atoms with van der Waals surface area (Å²) in [6, 6.07) is 17.6. The molecule has 1 unspecified atom stereocenters. The number of aromatic nitrogens is 2. The summed E-state index contributed by atoms with van der Waals surface area (Å²) < 4.78 is 6.99. The van der Waals surface area contributed by atoms with E-state index in [1.807, 2.05) is 71.7 Å². The number of hydrogen-bond donors (Lipinski definition) is 1. The number of hydrogen-bond acceptors (Lipinski definition) is 3. The van der Waals surface area contributed by atoms with Gasteiger partial charge in [-0.15, -0.1) is 0 Å². The SMILES string of the molecule is COc1ccc(C(N)c2cnn(-c3ccccc3)c2)cc1. The highest BCUT2D eigenvalue weighted by Crippen LogP contribution is 2.22. The van der Waals surface area contributed by atoms with E-state index in [1.165, 1.54) is 0 Å². The highest BCUT2D eigenvalue weighted by molar-refractivity contribution is 5.36. The fourth-order valence-corrected chi connectivity index (χ4v) is 2.22. The standard InChI is InChI=1S/C17H17N3O/c1-21-16-9-7-13(8-10-16)17(18)14-11-19-20(12-14)15-5-3-2-4-6-15/h2-12,17H,18H2,1H3. The summed E-state index contributed by atoms with van der Waals surface area (Å²) in [7, 11) is 1.65. The topological polar surface area (TPSA) is 53.1 Å². The molecule has 2 aromatic carbocycles. The van der Waals surface area contributed by atoms with Crippen LogP contribution < -0.4 is 10.5 Å². The van der Waals surface area contributed by atoms with E-state index in [2.05, 4.69) is 5.10 Å². The van der Waals surface area contributed by atoms with Crippen LogP contribution in [0.4, 0.5) is 0 Å². The zero-order valence-electron chi connectivity index (χ0n) is 11.8. The monoisotopic (exact) mass is 279 g/mol. The molecule has 0 aliphatic carbocycles. The van der Waals surface area contributed by atoms with Gasteiger partial charge in [0.15, 0.2) is 0 Å². The average Bonchev–Trinajstić information content (AvgIpc) is 3.05. The Morgan fingerprint density at radius 3 is 2.38 bits per heavy atom. The Morgan fingerprint density at radius 2 is 1.71 bits per heavy atom. The van der Waals surface area contributed by atoms with Crippen LogP contribution in [-0.4, -0.2) is 16.9 Å². The van der Waals surface area contributed by atoms with Gasteiger partial charge in [0.2, 0.25) is 0 Å². The number of rotatable bonds is 4. The Balaban J connectivity index is 1.85. The highest BCUT2D eigenvalue weighted by Gasteiger charge is 2.11. The average molecular weight is 279 g/mol. The molecule has 3 rings (SSSR count). The Bertz CT molecular complexity index is 704. The summed E-state index contributed by atoms with van der Waals surface area (Å²) in [5.41, 5.74) is 9.33. The van der Waals surface area contributed by atoms with Gasteiger partial charge < -0.3 is 10.5 Å². The molecule has 0 spiro atoms. The molecule has 1 atom stereocenters. The first-order valence-electron chi connectivity index (χ1n) is 6.77. The molecular formula is C17H17N3O. The van der Waals surface area contributed by atoms with E-state index in [0.29, 0.717) is 0 Å². The maximum Gasteiger partial charge on any atom is 0.118 e. The van der Waals surface area contributed by atoms with Crippen molar-refractivity contribution in [3.8, 4) is 11.4 Å². The minimum absolute atomic E-state index is 0.201. The van der Waals surface area contributed by atoms with Crippen molar-refractivity contribution >= 4 is 0 Å². The van der Waals surface area contributed by atoms with Crippen molar-refractivity contribution in [2.45, 2.75) is 6.04 Å². The van der Waals surface area contributed by atoms with Crippen molar-refractivity contribution in [1.82, 2.24) is 9.78 Å². The maximum atomic E-state index is 6.31. The minimum atomic E-state index is -0.201. The molecule has 0 amide bonds. The van der Waals surface area contributed by atoms with Gasteiger partial charge in [0.1, 0.15) is 5.75 Å². The second-order valence-electron chi connectivity index (χ2n) is 4.80. The normalized spacial score (nSPS) is 12.1. The molecule has 0 saturated carbocycles. The van der Waals surface area contributed by atoms with Crippen LogP contribution in [0.15, 0.2) is 67.0 Å². The van der Waals surface area contributed by atoms with E-state index < -0.39 is 0 Å². The van der Waals surface area contributed by atoms with Gasteiger partial charge >= 0.3 is 0 Å². The molecule has 4 nitrogen and oxygen atoms in total. The van der Waals surface area contributed by atoms with Gasteiger partial charge in [-0.1, -0.05) is 30.3 Å². The second kappa shape index (κ2) is 5.81. The third kappa shape index (κ3) is 2.80. The minimum Gasteiger partial charge on any atom is -0.497 e. The predicted octanol–water partition coefficient (Wildman–Crippen LogP) is 2.93. The Morgan fingerprint density at radius 1 is 1.00 bits per heavy atom. The zero-order valence-corrected chi connectivity index (χ0v) is 11.8. The number of ether oxygens (including phenoxy) is 1. The van der Waals surface area contributed by atoms with Gasteiger partial charge in [-0.25, -0.2) is 4.68 Å². The summed E-state index contributed by atoms with van der Waals surface area (Å²) in [5.74, 6) is 0.825. The molecule has 0 radical (unpaired) electrons. The first-order valence-corrected chi connectivity index (χ1v) is 6.77. The molecule has 21 heavy (non-hydrogen) atoms. The largest absolute Gasteiger partial charge is 0.497 e. The summed E-state index contributed by atoms with van der Waals surface area (Å²) in [6.45, 7) is 0. The van der Waals surface area contributed by atoms with Gasteiger partial charge in [-0.05, 0) is 29.8 Å². The number of nitrogens with zero attached hydrogens (tertiary/aromatic N) is 2. The molecule has 1 aromatic heterocycles. The van der Waals surface area contributed by atoms with Crippen LogP contribution in [0.3, 0.4) is 0 Å². The van der Waals surface area contributed by atoms with Gasteiger partial charge in [0.25, 0.3) is 0 Å². The van der Waals surface area contributed by atoms with Gasteiger partial charge in [-0.3, -0.25) is 0 Å². The quantitative estimate of drug-likeness (QED) is 0.799. The molecule has 2 N–H and O–H groups in total. The first-order chi connectivity index (χ1) is 10.3. The summed E-state index contributed by atoms with van der Waals surface area (Å²) in [5, 5.41) is 4.38. The first kappa shape index (κ1) is 13.4. The Hall–Kier alpha value is -2.59. The lowest BCUT2D eigenvalue weighted by Gasteiger charge is -2.10. The van der Waals surface area contributed by atoms with E-state index in [0.717, 1.165) is 22.6 Å². The Labute approximate surface area is 123 Å². The summed E-state index contributed by atoms with van der Waals surface area (Å²) in [6.07, 6.45) is 3.77. The van der Waals surface area contributed by atoms with Crippen molar-refractivity contribution < 1.29 is 4.74 Å². The fourth-order valence-electron chi connectivity index (χ4n) is 2.22. The molecule has 3 aromatic rings. The lowest BCUT2D eigenvalue weighted by molar-refractivity contribution is 0.414. The molecule has 106 valence electrons. The van der Waals surface area contributed by atoms with Gasteiger partial charge in [0.05, 0.1) is 25.0 Å². The van der Waals surface area contributed by atoms with E-state index in [1.54, 1.807) is 7.11 Å². The van der Waals surface area contributed by atoms with Crippen LogP contribution in [0.1, 0.15) is 17.2 Å². The molecule has 0 saturated heterocycles. The molecule has 0 fully saturated rings. The Kier molecular flexibility index (Phi) is 3.71. The number of benzene rings is 2. The van der Waals surface area contributed by atoms with Crippen LogP contribution in [0.2, 0.25) is 0 Å². The van der Waals surface area contributed by atoms with Crippen LogP contribution >= 0.6 is 0 Å². The zero-order chi connectivity index (χ0) is 14.7. The van der Waals surface area contributed by atoms with E-state index in [4.69, 9.17) is 10.5 Å². The molecule has 0 bridgehead atoms. The van der Waals surface area contributed by atoms with Crippen LogP contribution in [0.25, 0.3) is 5.69 Å². The van der Waals surface area contributed by atoms with Crippen LogP contribution in [0, 0.1) is 0 Å². The van der Waals surface area contributed by atoms with Crippen molar-refractivity contribution in [2.24, 2.45) is 5.73 Å². The lowest BCUT2D eigenvalue weighted by atomic mass is 10.0. The third-order valence-corrected chi connectivity index (χ3v) is 3.46. The molecule has 0 aliphatic rings. The van der Waals surface area contributed by atoms with Crippen LogP contribution in [-0.2, 0) is 0 Å². The van der Waals surface area contributed by atoms with Crippen molar-refractivity contribution in [1.29, 1.82) is 0 Å². The van der Waals surface area contributed by atoms with Crippen molar-refractivity contribution in [2.75, 3.05) is 7.11 Å². The second-order valence-corrected chi connectivity index (χ2v) is 4.80. The highest BCUT2D eigenvalue weighted by atomic mass is 16.5. The smallest absolute Gasteiger partial charge is 0.118 e. The number of methoxy groups -OCH3 is 1. The predicted molar refractivity (Wildman–Crippen MR) is 82.6 cm³/mol. The number of para-hydroxylation sites is 1. The molecule has 4 heteroatoms. The van der Waals surface area contributed by atoms with E-state index >= 15 is 0 Å². The van der Waals surface area contributed by atoms with Crippen molar-refractivity contribution in [3.05, 3.63) is 78.1 Å². The van der Waals surface area contributed by atoms with Crippen molar-refractivity contribution in [3.63, 3.8) is 0 Å². The van der Waals surface area contributed by atoms with Crippen LogP contribution in [0.5, 0.6) is 5.75 Å². The number of nitrogens with two attached hydrogens (primary N) is 1. The van der Waals surface area contributed by atoms with E-state index in [-0.39, 0.29) is 6.04 Å².